The predicted octanol–water partition coefficient (Wildman–Crippen LogP) is -6.35. The number of carbonyl (C=O) groups excluding carboxylic acids is 4. The van der Waals surface area contributed by atoms with Crippen LogP contribution in [0.5, 0.6) is 0 Å². The summed E-state index contributed by atoms with van der Waals surface area (Å²) in [6.45, 7) is 0.926. The van der Waals surface area contributed by atoms with Gasteiger partial charge < -0.3 is 81.5 Å². The molecule has 0 radical (unpaired) electrons. The number of aliphatic hydroxyl groups is 6. The molecule has 4 saturated heterocycles. The highest BCUT2D eigenvalue weighted by Crippen LogP contribution is 2.25. The van der Waals surface area contributed by atoms with Gasteiger partial charge in [0.25, 0.3) is 12.6 Å². The molecule has 0 aromatic carbocycles. The molecule has 4 amide bonds. The van der Waals surface area contributed by atoms with Crippen LogP contribution >= 0.6 is 0 Å². The molecule has 0 spiro atoms. The lowest BCUT2D eigenvalue weighted by atomic mass is 9.97. The monoisotopic (exact) mass is 780 g/mol. The van der Waals surface area contributed by atoms with Crippen LogP contribution in [-0.2, 0) is 38.3 Å². The molecule has 0 aromatic heterocycles. The standard InChI is InChI=1S/C28H48N10O16/c1-13(41)31-19-23(45)21(43)17(11-39)51-27(19)53-33-37(49)35-9-3-5-15(35)25(47)29-7-8-30-26(48)16-6-4-10-36(16)38(50)34-54-28-20(32-14(2)42)24(46)22(44)18(12-40)52-28/h15-24,27-28,39-40,43-46H,3-12H2,1-2H3,(H,29,47)(H,30,48)(H,31,41)(H,32,42)/b37-33-,38-34-/t15?,16?,17-,18-,19-,20-,21-,22-,23-,24-,27+,28+/m1/s1. The quantitative estimate of drug-likeness (QED) is 0.0320. The molecule has 0 aromatic rings. The van der Waals surface area contributed by atoms with Gasteiger partial charge in [-0.2, -0.15) is 0 Å². The van der Waals surface area contributed by atoms with Gasteiger partial charge in [-0.3, -0.25) is 19.2 Å². The molecule has 26 heteroatoms. The summed E-state index contributed by atoms with van der Waals surface area (Å²) in [5.41, 5.74) is 0. The van der Waals surface area contributed by atoms with Crippen molar-refractivity contribution >= 4 is 23.6 Å². The number of amides is 4. The summed E-state index contributed by atoms with van der Waals surface area (Å²) in [5, 5.41) is 104. The first-order valence-electron chi connectivity index (χ1n) is 17.2. The van der Waals surface area contributed by atoms with Gasteiger partial charge in [-0.25, -0.2) is 0 Å². The lowest BCUT2D eigenvalue weighted by Crippen LogP contribution is -2.64. The molecular weight excluding hydrogens is 732 g/mol. The number of ether oxygens (including phenoxy) is 2. The van der Waals surface area contributed by atoms with Crippen molar-refractivity contribution in [2.24, 2.45) is 10.6 Å². The molecule has 54 heavy (non-hydrogen) atoms. The van der Waals surface area contributed by atoms with Crippen LogP contribution < -0.4 is 21.3 Å². The Bertz CT molecular complexity index is 1280. The van der Waals surface area contributed by atoms with E-state index in [2.05, 4.69) is 31.8 Å². The van der Waals surface area contributed by atoms with Crippen molar-refractivity contribution in [2.45, 2.75) is 113 Å². The Morgan fingerprint density at radius 3 is 1.41 bits per heavy atom. The summed E-state index contributed by atoms with van der Waals surface area (Å²) in [4.78, 5) is 59.5. The fraction of sp³-hybridized carbons (Fsp3) is 0.857. The van der Waals surface area contributed by atoms with E-state index in [4.69, 9.17) is 19.1 Å². The van der Waals surface area contributed by atoms with Gasteiger partial charge in [0.2, 0.25) is 34.2 Å². The van der Waals surface area contributed by atoms with Crippen molar-refractivity contribution in [3.63, 3.8) is 0 Å². The summed E-state index contributed by atoms with van der Waals surface area (Å²) < 4.78 is 10.7. The van der Waals surface area contributed by atoms with Gasteiger partial charge in [0.05, 0.1) is 36.2 Å². The van der Waals surface area contributed by atoms with Crippen molar-refractivity contribution in [2.75, 3.05) is 39.4 Å². The molecule has 26 nitrogen and oxygen atoms in total. The van der Waals surface area contributed by atoms with Crippen molar-refractivity contribution < 1.29 is 78.9 Å². The maximum Gasteiger partial charge on any atom is 0.256 e. The van der Waals surface area contributed by atoms with Crippen LogP contribution in [0.3, 0.4) is 0 Å². The second-order valence-electron chi connectivity index (χ2n) is 13.0. The Kier molecular flexibility index (Phi) is 15.1. The summed E-state index contributed by atoms with van der Waals surface area (Å²) in [6.07, 6.45) is -10.8. The van der Waals surface area contributed by atoms with Crippen LogP contribution in [0.25, 0.3) is 0 Å². The van der Waals surface area contributed by atoms with E-state index >= 15 is 0 Å². The first kappa shape index (κ1) is 42.3. The van der Waals surface area contributed by atoms with E-state index in [0.717, 1.165) is 23.9 Å². The Balaban J connectivity index is 1.27. The number of hydrogen-bond acceptors (Lipinski definition) is 18. The van der Waals surface area contributed by atoms with Crippen LogP contribution in [0, 0.1) is 10.4 Å². The van der Waals surface area contributed by atoms with Crippen molar-refractivity contribution in [1.82, 2.24) is 31.3 Å². The number of nitrogens with zero attached hydrogens (tertiary/aromatic N) is 6. The van der Waals surface area contributed by atoms with Crippen LogP contribution in [0.2, 0.25) is 0 Å². The second-order valence-corrected chi connectivity index (χ2v) is 13.0. The number of aliphatic hydroxyl groups excluding tert-OH is 6. The van der Waals surface area contributed by atoms with Crippen molar-refractivity contribution in [3.05, 3.63) is 10.4 Å². The minimum atomic E-state index is -1.63. The van der Waals surface area contributed by atoms with Gasteiger partial charge in [-0.05, 0) is 25.7 Å². The first-order valence-corrected chi connectivity index (χ1v) is 17.2. The second kappa shape index (κ2) is 19.2. The van der Waals surface area contributed by atoms with Gasteiger partial charge in [0.15, 0.2) is 12.1 Å². The topological polar surface area (TPSA) is 358 Å². The molecule has 4 aliphatic heterocycles. The predicted molar refractivity (Wildman–Crippen MR) is 170 cm³/mol. The summed E-state index contributed by atoms with van der Waals surface area (Å²) in [6, 6.07) is -4.68. The van der Waals surface area contributed by atoms with Gasteiger partial charge in [-0.1, -0.05) is 0 Å². The molecule has 10 N–H and O–H groups in total. The van der Waals surface area contributed by atoms with Crippen LogP contribution in [-0.4, -0.2) is 187 Å². The minimum absolute atomic E-state index is 0.00748. The molecule has 0 aliphatic carbocycles. The summed E-state index contributed by atoms with van der Waals surface area (Å²) in [5.74, 6) is -2.38. The largest absolute Gasteiger partial charge is 0.569 e. The highest BCUT2D eigenvalue weighted by atomic mass is 16.8. The fourth-order valence-corrected chi connectivity index (χ4v) is 6.44. The lowest BCUT2D eigenvalue weighted by molar-refractivity contribution is -0.714. The SMILES string of the molecule is CC(=O)N[C@H]1[C@H](O/N=[N+](\[O-])N2CCCC2C(=O)NCCNC(=O)C2CCCN2/[N+]([O-])=N/O[C@@H]2O[C@H](CO)[C@@H](O)[C@H](O)[C@H]2NC(C)=O)O[C@H](CO)[C@@H](O)[C@@H]1O. The zero-order valence-electron chi connectivity index (χ0n) is 29.4. The number of nitrogens with one attached hydrogen (secondary N) is 4. The molecule has 12 atom stereocenters. The molecule has 4 fully saturated rings. The Morgan fingerprint density at radius 2 is 1.07 bits per heavy atom. The smallest absolute Gasteiger partial charge is 0.256 e. The molecule has 0 bridgehead atoms. The van der Waals surface area contributed by atoms with E-state index in [1.54, 1.807) is 0 Å². The van der Waals surface area contributed by atoms with Crippen LogP contribution in [0.15, 0.2) is 10.6 Å². The number of rotatable bonds is 15. The molecule has 4 aliphatic rings. The van der Waals surface area contributed by atoms with Gasteiger partial charge in [0.1, 0.15) is 48.7 Å². The first-order chi connectivity index (χ1) is 25.7. The van der Waals surface area contributed by atoms with Crippen LogP contribution in [0.4, 0.5) is 0 Å². The molecule has 4 heterocycles. The molecule has 306 valence electrons. The van der Waals surface area contributed by atoms with Gasteiger partial charge in [-0.15, -0.1) is 10.0 Å². The number of hydrazine groups is 2. The van der Waals surface area contributed by atoms with E-state index in [1.807, 2.05) is 0 Å². The van der Waals surface area contributed by atoms with E-state index in [9.17, 15) is 60.2 Å². The third-order valence-electron chi connectivity index (χ3n) is 9.16. The lowest BCUT2D eigenvalue weighted by Gasteiger charge is -2.40. The van der Waals surface area contributed by atoms with Crippen molar-refractivity contribution in [1.29, 1.82) is 0 Å². The molecule has 4 rings (SSSR count). The fourth-order valence-electron chi connectivity index (χ4n) is 6.44. The Hall–Kier alpha value is -4.44. The normalized spacial score (nSPS) is 34.6. The third kappa shape index (κ3) is 10.2. The summed E-state index contributed by atoms with van der Waals surface area (Å²) in [7, 11) is 0. The maximum absolute atomic E-state index is 13.0. The van der Waals surface area contributed by atoms with Gasteiger partial charge in [0, 0.05) is 26.9 Å². The van der Waals surface area contributed by atoms with E-state index in [1.165, 1.54) is 0 Å². The molecular formula is C28H48N10O16. The average molecular weight is 781 g/mol. The maximum atomic E-state index is 13.0. The molecule has 2 unspecified atom stereocenters. The number of hydrogen-bond donors (Lipinski definition) is 10. The van der Waals surface area contributed by atoms with E-state index < -0.39 is 110 Å². The third-order valence-corrected chi connectivity index (χ3v) is 9.16. The number of carbonyl (C=O) groups is 4. The Morgan fingerprint density at radius 1 is 0.704 bits per heavy atom. The average Bonchev–Trinajstić information content (AvgIpc) is 3.84. The summed E-state index contributed by atoms with van der Waals surface area (Å²) >= 11 is 0. The zero-order valence-corrected chi connectivity index (χ0v) is 29.4. The molecule has 0 saturated carbocycles. The Labute approximate surface area is 307 Å². The minimum Gasteiger partial charge on any atom is -0.569 e. The highest BCUT2D eigenvalue weighted by Gasteiger charge is 2.48. The van der Waals surface area contributed by atoms with E-state index in [0.29, 0.717) is 12.8 Å². The van der Waals surface area contributed by atoms with E-state index in [-0.39, 0.29) is 49.0 Å². The highest BCUT2D eigenvalue weighted by molar-refractivity contribution is 5.83. The van der Waals surface area contributed by atoms with Gasteiger partial charge >= 0.3 is 0 Å². The van der Waals surface area contributed by atoms with Crippen LogP contribution in [0.1, 0.15) is 39.5 Å². The van der Waals surface area contributed by atoms with Crippen molar-refractivity contribution in [3.8, 4) is 0 Å². The zero-order chi connectivity index (χ0) is 39.7.